The second-order valence-corrected chi connectivity index (χ2v) is 19.3. The van der Waals surface area contributed by atoms with Gasteiger partial charge in [0.1, 0.15) is 30.1 Å². The second-order valence-electron chi connectivity index (χ2n) is 13.6. The average molecular weight is 631 g/mol. The van der Waals surface area contributed by atoms with Crippen molar-refractivity contribution in [3.05, 3.63) is 35.7 Å². The molecule has 4 heterocycles. The van der Waals surface area contributed by atoms with Crippen molar-refractivity contribution in [3.8, 4) is 0 Å². The van der Waals surface area contributed by atoms with Crippen LogP contribution >= 0.6 is 0 Å². The van der Waals surface area contributed by atoms with Crippen molar-refractivity contribution in [2.75, 3.05) is 42.1 Å². The number of carbonyl (C=O) groups is 2. The Balaban J connectivity index is 1.37. The lowest BCUT2D eigenvalue weighted by molar-refractivity contribution is -0.127. The fourth-order valence-corrected chi connectivity index (χ4v) is 7.13. The van der Waals surface area contributed by atoms with Crippen molar-refractivity contribution in [2.45, 2.75) is 89.0 Å². The van der Waals surface area contributed by atoms with Crippen LogP contribution in [0.4, 0.5) is 26.1 Å². The number of rotatable bonds is 11. The van der Waals surface area contributed by atoms with Gasteiger partial charge in [-0.05, 0) is 55.7 Å². The van der Waals surface area contributed by atoms with Crippen LogP contribution in [0.3, 0.4) is 0 Å². The number of ether oxygens (including phenoxy) is 2. The highest BCUT2D eigenvalue weighted by Gasteiger charge is 2.52. The molecular weight excluding hydrogens is 586 g/mol. The lowest BCUT2D eigenvalue weighted by Crippen LogP contribution is -2.44. The van der Waals surface area contributed by atoms with Gasteiger partial charge in [0.2, 0.25) is 11.8 Å². The van der Waals surface area contributed by atoms with E-state index in [9.17, 15) is 18.4 Å². The third-order valence-electron chi connectivity index (χ3n) is 9.18. The number of amides is 2. The molecule has 0 radical (unpaired) electrons. The van der Waals surface area contributed by atoms with E-state index in [1.807, 2.05) is 0 Å². The molecule has 0 bridgehead atoms. The Labute approximate surface area is 258 Å². The monoisotopic (exact) mass is 630 g/mol. The third-order valence-corrected chi connectivity index (χ3v) is 10.9. The van der Waals surface area contributed by atoms with E-state index in [2.05, 4.69) is 52.4 Å². The van der Waals surface area contributed by atoms with Gasteiger partial charge in [0, 0.05) is 45.7 Å². The molecule has 0 unspecified atom stereocenters. The van der Waals surface area contributed by atoms with Gasteiger partial charge >= 0.3 is 0 Å². The Kier molecular flexibility index (Phi) is 9.95. The number of aromatic nitrogens is 3. The standard InChI is InChI=1S/C31H44F2N6O4Si/c1-20-5-7-21(8-6-20)27(35-25-10-9-23(28(32)33)37-38-25)29(40)36-26-17-24-22(18-34-26)31(11-13-42-14-12-31)30(41)39(24)19-43-15-16-44(2,3)4/h9-10,17-18,20-21,27-28H,5-8,11-16,19H2,1-4H3,(H,35,38)(H,34,36,40)/t20?,21?,27-/m0/s1. The summed E-state index contributed by atoms with van der Waals surface area (Å²) >= 11 is 0. The van der Waals surface area contributed by atoms with Crippen molar-refractivity contribution in [2.24, 2.45) is 11.8 Å². The molecule has 1 saturated heterocycles. The molecule has 1 saturated carbocycles. The van der Waals surface area contributed by atoms with Crippen LogP contribution in [0.15, 0.2) is 24.4 Å². The molecule has 5 rings (SSSR count). The molecular formula is C31H44F2N6O4Si. The van der Waals surface area contributed by atoms with Gasteiger partial charge in [-0.2, -0.15) is 0 Å². The summed E-state index contributed by atoms with van der Waals surface area (Å²) in [5, 5.41) is 13.6. The molecule has 1 atom stereocenters. The molecule has 1 spiro atoms. The SMILES string of the molecule is CC1CCC([C@H](Nc2ccc(C(F)F)nn2)C(=O)Nc2cc3c(cn2)C2(CCOCC2)C(=O)N3COCC[Si](C)(C)C)CC1. The number of anilines is 3. The quantitative estimate of drug-likeness (QED) is 0.238. The number of nitrogens with zero attached hydrogens (tertiary/aromatic N) is 4. The van der Waals surface area contributed by atoms with Gasteiger partial charge in [0.15, 0.2) is 0 Å². The van der Waals surface area contributed by atoms with Crippen LogP contribution in [0.1, 0.15) is 63.1 Å². The van der Waals surface area contributed by atoms with Crippen LogP contribution in [-0.4, -0.2) is 67.7 Å². The summed E-state index contributed by atoms with van der Waals surface area (Å²) < 4.78 is 37.7. The first kappa shape index (κ1) is 32.4. The van der Waals surface area contributed by atoms with Crippen molar-refractivity contribution in [3.63, 3.8) is 0 Å². The number of pyridine rings is 1. The van der Waals surface area contributed by atoms with Crippen molar-refractivity contribution >= 4 is 37.2 Å². The molecule has 1 aliphatic carbocycles. The highest BCUT2D eigenvalue weighted by molar-refractivity contribution is 6.76. The molecule has 240 valence electrons. The predicted molar refractivity (Wildman–Crippen MR) is 167 cm³/mol. The number of nitrogens with one attached hydrogen (secondary N) is 2. The van der Waals surface area contributed by atoms with Crippen LogP contribution in [0.5, 0.6) is 0 Å². The van der Waals surface area contributed by atoms with Gasteiger partial charge in [0.25, 0.3) is 6.43 Å². The summed E-state index contributed by atoms with van der Waals surface area (Å²) in [6.45, 7) is 10.7. The number of alkyl halides is 2. The summed E-state index contributed by atoms with van der Waals surface area (Å²) in [6.07, 6.45) is 3.77. The van der Waals surface area contributed by atoms with Crippen LogP contribution < -0.4 is 15.5 Å². The minimum atomic E-state index is -2.72. The van der Waals surface area contributed by atoms with Gasteiger partial charge < -0.3 is 20.1 Å². The molecule has 2 aliphatic heterocycles. The maximum atomic E-state index is 13.9. The van der Waals surface area contributed by atoms with E-state index in [0.717, 1.165) is 37.3 Å². The molecule has 2 aromatic rings. The van der Waals surface area contributed by atoms with E-state index >= 15 is 0 Å². The minimum absolute atomic E-state index is 0.0144. The maximum absolute atomic E-state index is 13.9. The van der Waals surface area contributed by atoms with Gasteiger partial charge in [-0.3, -0.25) is 14.5 Å². The Morgan fingerprint density at radius 1 is 1.14 bits per heavy atom. The van der Waals surface area contributed by atoms with Gasteiger partial charge in [-0.15, -0.1) is 10.2 Å². The van der Waals surface area contributed by atoms with Crippen molar-refractivity contribution < 1.29 is 27.8 Å². The first-order chi connectivity index (χ1) is 21.0. The summed E-state index contributed by atoms with van der Waals surface area (Å²) in [5.41, 5.74) is 0.399. The molecule has 2 N–H and O–H groups in total. The zero-order chi connectivity index (χ0) is 31.5. The van der Waals surface area contributed by atoms with Gasteiger partial charge in [-0.1, -0.05) is 39.4 Å². The molecule has 2 amide bonds. The smallest absolute Gasteiger partial charge is 0.282 e. The van der Waals surface area contributed by atoms with E-state index in [1.54, 1.807) is 17.2 Å². The molecule has 10 nitrogen and oxygen atoms in total. The number of fused-ring (bicyclic) bond motifs is 2. The number of hydrogen-bond acceptors (Lipinski definition) is 8. The van der Waals surface area contributed by atoms with Crippen LogP contribution in [-0.2, 0) is 24.5 Å². The molecule has 13 heteroatoms. The lowest BCUT2D eigenvalue weighted by atomic mass is 9.76. The zero-order valence-electron chi connectivity index (χ0n) is 26.1. The highest BCUT2D eigenvalue weighted by Crippen LogP contribution is 2.48. The topological polar surface area (TPSA) is 119 Å². The van der Waals surface area contributed by atoms with Gasteiger partial charge in [0.05, 0.1) is 11.1 Å². The van der Waals surface area contributed by atoms with E-state index in [0.29, 0.717) is 50.1 Å². The highest BCUT2D eigenvalue weighted by atomic mass is 28.3. The molecule has 44 heavy (non-hydrogen) atoms. The van der Waals surface area contributed by atoms with E-state index in [-0.39, 0.29) is 30.3 Å². The first-order valence-electron chi connectivity index (χ1n) is 15.6. The summed E-state index contributed by atoms with van der Waals surface area (Å²) in [7, 11) is -1.30. The van der Waals surface area contributed by atoms with Crippen LogP contribution in [0.25, 0.3) is 0 Å². The second kappa shape index (κ2) is 13.5. The predicted octanol–water partition coefficient (Wildman–Crippen LogP) is 5.76. The average Bonchev–Trinajstić information content (AvgIpc) is 3.20. The fourth-order valence-electron chi connectivity index (χ4n) is 6.37. The maximum Gasteiger partial charge on any atom is 0.282 e. The van der Waals surface area contributed by atoms with Crippen molar-refractivity contribution in [1.82, 2.24) is 15.2 Å². The normalized spacial score (nSPS) is 22.2. The molecule has 2 fully saturated rings. The third kappa shape index (κ3) is 7.26. The molecule has 3 aliphatic rings. The Hall–Kier alpha value is -3.03. The lowest BCUT2D eigenvalue weighted by Gasteiger charge is -2.32. The summed E-state index contributed by atoms with van der Waals surface area (Å²) in [4.78, 5) is 34.0. The number of halogens is 2. The van der Waals surface area contributed by atoms with Crippen LogP contribution in [0, 0.1) is 11.8 Å². The first-order valence-corrected chi connectivity index (χ1v) is 19.3. The Bertz CT molecular complexity index is 1310. The summed E-state index contributed by atoms with van der Waals surface area (Å²) in [6, 6.07) is 4.71. The van der Waals surface area contributed by atoms with E-state index in [4.69, 9.17) is 9.47 Å². The Morgan fingerprint density at radius 2 is 1.86 bits per heavy atom. The number of carbonyl (C=O) groups excluding carboxylic acids is 2. The van der Waals surface area contributed by atoms with E-state index < -0.39 is 31.7 Å². The minimum Gasteiger partial charge on any atom is -0.381 e. The van der Waals surface area contributed by atoms with Crippen molar-refractivity contribution in [1.29, 1.82) is 0 Å². The molecule has 2 aromatic heterocycles. The number of hydrogen-bond donors (Lipinski definition) is 2. The van der Waals surface area contributed by atoms with Crippen LogP contribution in [0.2, 0.25) is 25.7 Å². The molecule has 0 aromatic carbocycles. The summed E-state index contributed by atoms with van der Waals surface area (Å²) in [5.74, 6) is 0.847. The Morgan fingerprint density at radius 3 is 2.50 bits per heavy atom. The largest absolute Gasteiger partial charge is 0.381 e. The fraction of sp³-hybridized carbons (Fsp3) is 0.645. The zero-order valence-corrected chi connectivity index (χ0v) is 27.1. The van der Waals surface area contributed by atoms with E-state index in [1.165, 1.54) is 12.1 Å². The van der Waals surface area contributed by atoms with Gasteiger partial charge in [-0.25, -0.2) is 13.8 Å².